The van der Waals surface area contributed by atoms with Crippen LogP contribution in [-0.4, -0.2) is 43.6 Å². The van der Waals surface area contributed by atoms with Crippen molar-refractivity contribution in [2.75, 3.05) is 44.4 Å². The summed E-state index contributed by atoms with van der Waals surface area (Å²) in [5.74, 6) is 1.77. The first-order valence-corrected chi connectivity index (χ1v) is 6.69. The summed E-state index contributed by atoms with van der Waals surface area (Å²) < 4.78 is 0. The van der Waals surface area contributed by atoms with Crippen LogP contribution in [0.3, 0.4) is 0 Å². The van der Waals surface area contributed by atoms with Crippen LogP contribution in [-0.2, 0) is 0 Å². The molecule has 1 atom stereocenters. The molecule has 0 aromatic carbocycles. The molecule has 1 aromatic heterocycles. The zero-order valence-electron chi connectivity index (χ0n) is 11.7. The van der Waals surface area contributed by atoms with Crippen LogP contribution in [0.5, 0.6) is 0 Å². The predicted molar refractivity (Wildman–Crippen MR) is 76.9 cm³/mol. The van der Waals surface area contributed by atoms with Gasteiger partial charge in [-0.1, -0.05) is 0 Å². The molecule has 0 saturated carbocycles. The number of likely N-dealkylation sites (tertiary alicyclic amines) is 1. The molecule has 2 heterocycles. The Morgan fingerprint density at radius 1 is 1.50 bits per heavy atom. The highest BCUT2D eigenvalue weighted by atomic mass is 15.2. The average molecular weight is 248 g/mol. The van der Waals surface area contributed by atoms with Crippen molar-refractivity contribution in [1.82, 2.24) is 9.88 Å². The van der Waals surface area contributed by atoms with E-state index in [-0.39, 0.29) is 0 Å². The van der Waals surface area contributed by atoms with Crippen LogP contribution in [0.4, 0.5) is 11.5 Å². The number of piperidine rings is 1. The van der Waals surface area contributed by atoms with Crippen molar-refractivity contribution in [2.24, 2.45) is 5.92 Å². The number of pyridine rings is 1. The van der Waals surface area contributed by atoms with Crippen LogP contribution in [0.2, 0.25) is 0 Å². The Morgan fingerprint density at radius 2 is 2.28 bits per heavy atom. The van der Waals surface area contributed by atoms with Crippen molar-refractivity contribution in [2.45, 2.75) is 19.8 Å². The minimum absolute atomic E-state index is 0.744. The Balaban J connectivity index is 1.98. The van der Waals surface area contributed by atoms with Crippen molar-refractivity contribution in [3.63, 3.8) is 0 Å². The maximum atomic E-state index is 5.80. The first-order chi connectivity index (χ1) is 8.56. The number of nitrogens with zero attached hydrogens (tertiary/aromatic N) is 3. The summed E-state index contributed by atoms with van der Waals surface area (Å²) in [5, 5.41) is 0. The lowest BCUT2D eigenvalue weighted by molar-refractivity contribution is 0.213. The van der Waals surface area contributed by atoms with E-state index in [2.05, 4.69) is 28.9 Å². The minimum atomic E-state index is 0.744. The first-order valence-electron chi connectivity index (χ1n) is 6.69. The molecule has 2 rings (SSSR count). The number of nitrogens with two attached hydrogens (primary N) is 1. The molecule has 100 valence electrons. The van der Waals surface area contributed by atoms with Gasteiger partial charge in [-0.25, -0.2) is 4.98 Å². The summed E-state index contributed by atoms with van der Waals surface area (Å²) in [6.45, 7) is 5.46. The molecule has 0 aliphatic carbocycles. The molecule has 0 bridgehead atoms. The zero-order chi connectivity index (χ0) is 13.1. The fourth-order valence-corrected chi connectivity index (χ4v) is 2.67. The fraction of sp³-hybridized carbons (Fsp3) is 0.643. The molecular weight excluding hydrogens is 224 g/mol. The van der Waals surface area contributed by atoms with E-state index in [9.17, 15) is 0 Å². The van der Waals surface area contributed by atoms with Crippen LogP contribution in [0.1, 0.15) is 18.5 Å². The highest BCUT2D eigenvalue weighted by molar-refractivity contribution is 5.50. The summed E-state index contributed by atoms with van der Waals surface area (Å²) in [6.07, 6.45) is 2.63. The maximum absolute atomic E-state index is 5.80. The lowest BCUT2D eigenvalue weighted by Gasteiger charge is -2.32. The number of nitrogen functional groups attached to an aromatic ring is 1. The summed E-state index contributed by atoms with van der Waals surface area (Å²) in [6, 6.07) is 3.95. The van der Waals surface area contributed by atoms with E-state index in [1.165, 1.54) is 25.9 Å². The molecule has 0 spiro atoms. The maximum Gasteiger partial charge on any atom is 0.128 e. The zero-order valence-corrected chi connectivity index (χ0v) is 11.7. The Kier molecular flexibility index (Phi) is 4.07. The Bertz CT molecular complexity index is 405. The SMILES string of the molecule is Cc1nc(N(C)CC2CCCN(C)C2)ccc1N. The Labute approximate surface area is 110 Å². The third-order valence-corrected chi connectivity index (χ3v) is 3.76. The van der Waals surface area contributed by atoms with Crippen molar-refractivity contribution in [3.8, 4) is 0 Å². The number of hydrogen-bond acceptors (Lipinski definition) is 4. The summed E-state index contributed by atoms with van der Waals surface area (Å²) in [5.41, 5.74) is 7.49. The van der Waals surface area contributed by atoms with E-state index >= 15 is 0 Å². The standard InChI is InChI=1S/C14H24N4/c1-11-13(15)6-7-14(16-11)18(3)10-12-5-4-8-17(2)9-12/h6-7,12H,4-5,8-10,15H2,1-3H3. The van der Waals surface area contributed by atoms with Gasteiger partial charge in [0.05, 0.1) is 11.4 Å². The van der Waals surface area contributed by atoms with Crippen molar-refractivity contribution >= 4 is 11.5 Å². The lowest BCUT2D eigenvalue weighted by atomic mass is 9.98. The van der Waals surface area contributed by atoms with Gasteiger partial charge in [-0.05, 0) is 51.4 Å². The van der Waals surface area contributed by atoms with Gasteiger partial charge in [-0.15, -0.1) is 0 Å². The van der Waals surface area contributed by atoms with Crippen molar-refractivity contribution in [3.05, 3.63) is 17.8 Å². The van der Waals surface area contributed by atoms with Crippen molar-refractivity contribution in [1.29, 1.82) is 0 Å². The van der Waals surface area contributed by atoms with E-state index in [0.717, 1.165) is 29.7 Å². The van der Waals surface area contributed by atoms with E-state index < -0.39 is 0 Å². The van der Waals surface area contributed by atoms with Crippen LogP contribution >= 0.6 is 0 Å². The second-order valence-electron chi connectivity index (χ2n) is 5.50. The molecule has 1 aliphatic heterocycles. The molecule has 4 heteroatoms. The summed E-state index contributed by atoms with van der Waals surface area (Å²) >= 11 is 0. The Morgan fingerprint density at radius 3 is 2.94 bits per heavy atom. The van der Waals surface area contributed by atoms with Gasteiger partial charge in [0.1, 0.15) is 5.82 Å². The van der Waals surface area contributed by atoms with E-state index in [0.29, 0.717) is 0 Å². The highest BCUT2D eigenvalue weighted by Crippen LogP contribution is 2.20. The summed E-state index contributed by atoms with van der Waals surface area (Å²) in [7, 11) is 4.32. The van der Waals surface area contributed by atoms with Crippen LogP contribution in [0, 0.1) is 12.8 Å². The van der Waals surface area contributed by atoms with Crippen LogP contribution < -0.4 is 10.6 Å². The normalized spacial score (nSPS) is 20.9. The fourth-order valence-electron chi connectivity index (χ4n) is 2.67. The van der Waals surface area contributed by atoms with Crippen LogP contribution in [0.15, 0.2) is 12.1 Å². The van der Waals surface area contributed by atoms with Gasteiger partial charge in [0.25, 0.3) is 0 Å². The van der Waals surface area contributed by atoms with Crippen LogP contribution in [0.25, 0.3) is 0 Å². The number of anilines is 2. The molecule has 0 amide bonds. The molecule has 1 fully saturated rings. The molecule has 0 radical (unpaired) electrons. The molecule has 1 aliphatic rings. The average Bonchev–Trinajstić information content (AvgIpc) is 2.32. The monoisotopic (exact) mass is 248 g/mol. The number of aromatic nitrogens is 1. The van der Waals surface area contributed by atoms with Gasteiger partial charge >= 0.3 is 0 Å². The number of aryl methyl sites for hydroxylation is 1. The number of hydrogen-bond donors (Lipinski definition) is 1. The second-order valence-corrected chi connectivity index (χ2v) is 5.50. The largest absolute Gasteiger partial charge is 0.397 e. The van der Waals surface area contributed by atoms with Crippen molar-refractivity contribution < 1.29 is 0 Å². The number of rotatable bonds is 3. The van der Waals surface area contributed by atoms with Gasteiger partial charge < -0.3 is 15.5 Å². The second kappa shape index (κ2) is 5.57. The molecule has 1 unspecified atom stereocenters. The van der Waals surface area contributed by atoms with Gasteiger partial charge in [0.2, 0.25) is 0 Å². The van der Waals surface area contributed by atoms with E-state index in [4.69, 9.17) is 5.73 Å². The smallest absolute Gasteiger partial charge is 0.128 e. The van der Waals surface area contributed by atoms with Gasteiger partial charge in [0.15, 0.2) is 0 Å². The summed E-state index contributed by atoms with van der Waals surface area (Å²) in [4.78, 5) is 9.21. The minimum Gasteiger partial charge on any atom is -0.397 e. The molecular formula is C14H24N4. The molecule has 4 nitrogen and oxygen atoms in total. The highest BCUT2D eigenvalue weighted by Gasteiger charge is 2.19. The quantitative estimate of drug-likeness (QED) is 0.885. The predicted octanol–water partition coefficient (Wildman–Crippen LogP) is 1.75. The van der Waals surface area contributed by atoms with Gasteiger partial charge in [-0.2, -0.15) is 0 Å². The molecule has 1 aromatic rings. The Hall–Kier alpha value is -1.29. The van der Waals surface area contributed by atoms with Gasteiger partial charge in [-0.3, -0.25) is 0 Å². The third-order valence-electron chi connectivity index (χ3n) is 3.76. The first kappa shape index (κ1) is 13.1. The topological polar surface area (TPSA) is 45.4 Å². The molecule has 18 heavy (non-hydrogen) atoms. The lowest BCUT2D eigenvalue weighted by Crippen LogP contribution is -2.38. The third kappa shape index (κ3) is 3.13. The molecule has 1 saturated heterocycles. The van der Waals surface area contributed by atoms with E-state index in [1.54, 1.807) is 0 Å². The van der Waals surface area contributed by atoms with E-state index in [1.807, 2.05) is 19.1 Å². The molecule has 2 N–H and O–H groups in total. The van der Waals surface area contributed by atoms with Gasteiger partial charge in [0, 0.05) is 20.1 Å².